The topological polar surface area (TPSA) is 114 Å². The molecule has 2 heterocycles. The van der Waals surface area contributed by atoms with Crippen molar-refractivity contribution in [3.05, 3.63) is 76.4 Å². The molecule has 1 aliphatic rings. The van der Waals surface area contributed by atoms with E-state index >= 15 is 0 Å². The summed E-state index contributed by atoms with van der Waals surface area (Å²) in [7, 11) is 0. The van der Waals surface area contributed by atoms with E-state index in [2.05, 4.69) is 25.5 Å². The number of halogens is 1. The van der Waals surface area contributed by atoms with Crippen molar-refractivity contribution in [3.8, 4) is 11.5 Å². The number of carbonyl (C=O) groups is 1. The first-order valence-electron chi connectivity index (χ1n) is 11.4. The number of nitrogens with zero attached hydrogens (tertiary/aromatic N) is 3. The van der Waals surface area contributed by atoms with Crippen LogP contribution in [0.1, 0.15) is 49.7 Å². The summed E-state index contributed by atoms with van der Waals surface area (Å²) in [6.45, 7) is 0. The summed E-state index contributed by atoms with van der Waals surface area (Å²) >= 11 is 0. The van der Waals surface area contributed by atoms with E-state index in [1.807, 2.05) is 6.07 Å². The van der Waals surface area contributed by atoms with Crippen molar-refractivity contribution < 1.29 is 13.6 Å². The first-order valence-corrected chi connectivity index (χ1v) is 11.4. The minimum absolute atomic E-state index is 0.0644. The zero-order valence-corrected chi connectivity index (χ0v) is 18.5. The first kappa shape index (κ1) is 21.9. The van der Waals surface area contributed by atoms with Gasteiger partial charge in [-0.25, -0.2) is 9.37 Å². The van der Waals surface area contributed by atoms with Crippen LogP contribution in [0.2, 0.25) is 0 Å². The van der Waals surface area contributed by atoms with Gasteiger partial charge in [-0.05, 0) is 56.0 Å². The van der Waals surface area contributed by atoms with E-state index in [0.29, 0.717) is 40.5 Å². The van der Waals surface area contributed by atoms with Crippen LogP contribution < -0.4 is 10.9 Å². The van der Waals surface area contributed by atoms with Crippen molar-refractivity contribution in [2.45, 2.75) is 50.5 Å². The molecule has 34 heavy (non-hydrogen) atoms. The van der Waals surface area contributed by atoms with E-state index in [1.165, 1.54) is 12.1 Å². The number of fused-ring (bicyclic) bond motifs is 1. The summed E-state index contributed by atoms with van der Waals surface area (Å²) in [5.74, 6) is 1.07. The Morgan fingerprint density at radius 3 is 2.74 bits per heavy atom. The number of aryl methyl sites for hydroxylation is 1. The van der Waals surface area contributed by atoms with Crippen molar-refractivity contribution in [1.29, 1.82) is 0 Å². The molecule has 2 aromatic carbocycles. The summed E-state index contributed by atoms with van der Waals surface area (Å²) in [5, 5.41) is 11.8. The number of amides is 1. The van der Waals surface area contributed by atoms with E-state index in [0.717, 1.165) is 25.7 Å². The zero-order chi connectivity index (χ0) is 23.5. The smallest absolute Gasteiger partial charge is 0.258 e. The summed E-state index contributed by atoms with van der Waals surface area (Å²) in [6.07, 6.45) is 3.86. The molecule has 2 aromatic heterocycles. The first-order chi connectivity index (χ1) is 16.5. The lowest BCUT2D eigenvalue weighted by atomic mass is 9.86. The van der Waals surface area contributed by atoms with Crippen molar-refractivity contribution in [1.82, 2.24) is 25.5 Å². The van der Waals surface area contributed by atoms with Crippen molar-refractivity contribution >= 4 is 16.8 Å². The Balaban J connectivity index is 1.12. The molecule has 0 radical (unpaired) electrons. The summed E-state index contributed by atoms with van der Waals surface area (Å²) < 4.78 is 19.2. The Labute approximate surface area is 194 Å². The van der Waals surface area contributed by atoms with Gasteiger partial charge in [0.25, 0.3) is 5.56 Å². The molecule has 1 saturated carbocycles. The normalized spacial score (nSPS) is 18.1. The van der Waals surface area contributed by atoms with E-state index in [4.69, 9.17) is 4.42 Å². The van der Waals surface area contributed by atoms with Gasteiger partial charge in [-0.3, -0.25) is 9.59 Å². The highest BCUT2D eigenvalue weighted by molar-refractivity contribution is 5.78. The van der Waals surface area contributed by atoms with E-state index in [-0.39, 0.29) is 35.7 Å². The maximum absolute atomic E-state index is 13.4. The summed E-state index contributed by atoms with van der Waals surface area (Å²) in [6, 6.07) is 13.3. The highest BCUT2D eigenvalue weighted by Gasteiger charge is 2.27. The van der Waals surface area contributed by atoms with Crippen LogP contribution in [-0.2, 0) is 11.2 Å². The maximum Gasteiger partial charge on any atom is 0.258 e. The molecule has 0 saturated heterocycles. The van der Waals surface area contributed by atoms with Gasteiger partial charge in [0.15, 0.2) is 0 Å². The third kappa shape index (κ3) is 4.88. The quantitative estimate of drug-likeness (QED) is 0.450. The van der Waals surface area contributed by atoms with Crippen LogP contribution in [0, 0.1) is 5.82 Å². The van der Waals surface area contributed by atoms with Crippen molar-refractivity contribution in [2.24, 2.45) is 0 Å². The number of aromatic nitrogens is 4. The van der Waals surface area contributed by atoms with Crippen LogP contribution in [0.25, 0.3) is 22.4 Å². The van der Waals surface area contributed by atoms with Gasteiger partial charge in [0.05, 0.1) is 10.9 Å². The molecule has 1 fully saturated rings. The third-order valence-electron chi connectivity index (χ3n) is 6.20. The second-order valence-electron chi connectivity index (χ2n) is 8.60. The zero-order valence-electron chi connectivity index (χ0n) is 18.5. The maximum atomic E-state index is 13.4. The van der Waals surface area contributed by atoms with Crippen molar-refractivity contribution in [3.63, 3.8) is 0 Å². The molecule has 0 unspecified atom stereocenters. The molecule has 0 aliphatic heterocycles. The molecule has 0 spiro atoms. The van der Waals surface area contributed by atoms with Gasteiger partial charge in [-0.1, -0.05) is 18.2 Å². The van der Waals surface area contributed by atoms with Crippen LogP contribution >= 0.6 is 0 Å². The van der Waals surface area contributed by atoms with Crippen LogP contribution in [0.3, 0.4) is 0 Å². The number of benzene rings is 2. The lowest BCUT2D eigenvalue weighted by Gasteiger charge is -2.27. The summed E-state index contributed by atoms with van der Waals surface area (Å²) in [4.78, 5) is 31.9. The molecule has 1 aliphatic carbocycles. The Morgan fingerprint density at radius 2 is 1.91 bits per heavy atom. The number of hydrogen-bond donors (Lipinski definition) is 2. The predicted molar refractivity (Wildman–Crippen MR) is 124 cm³/mol. The Morgan fingerprint density at radius 1 is 1.09 bits per heavy atom. The van der Waals surface area contributed by atoms with Crippen molar-refractivity contribution in [2.75, 3.05) is 0 Å². The minimum Gasteiger partial charge on any atom is -0.420 e. The lowest BCUT2D eigenvalue weighted by molar-refractivity contribution is -0.122. The standard InChI is InChI=1S/C25H24FN5O3/c26-17-5-3-4-16(14-17)25-31-30-24(34-25)15-8-10-18(11-9-15)27-22(32)13-12-21-28-20-7-2-1-6-19(20)23(33)29-21/h1-7,14-15,18H,8-13H2,(H,27,32)(H,28,29,33)/t15-,18-. The largest absolute Gasteiger partial charge is 0.420 e. The number of carbonyl (C=O) groups excluding carboxylic acids is 1. The van der Waals surface area contributed by atoms with E-state index in [9.17, 15) is 14.0 Å². The number of H-pyrrole nitrogens is 1. The second-order valence-corrected chi connectivity index (χ2v) is 8.60. The fourth-order valence-electron chi connectivity index (χ4n) is 4.41. The molecule has 174 valence electrons. The highest BCUT2D eigenvalue weighted by Crippen LogP contribution is 2.33. The number of aromatic amines is 1. The van der Waals surface area contributed by atoms with Gasteiger partial charge in [0, 0.05) is 30.4 Å². The minimum atomic E-state index is -0.351. The van der Waals surface area contributed by atoms with Gasteiger partial charge in [-0.15, -0.1) is 10.2 Å². The molecule has 0 atom stereocenters. The van der Waals surface area contributed by atoms with Gasteiger partial charge in [0.2, 0.25) is 17.7 Å². The summed E-state index contributed by atoms with van der Waals surface area (Å²) in [5.41, 5.74) is 0.990. The molecule has 0 bridgehead atoms. The molecular weight excluding hydrogens is 437 g/mol. The Kier molecular flexibility index (Phi) is 6.16. The number of hydrogen-bond acceptors (Lipinski definition) is 6. The molecule has 4 aromatic rings. The van der Waals surface area contributed by atoms with E-state index < -0.39 is 0 Å². The number of rotatable bonds is 6. The Bertz CT molecular complexity index is 1370. The Hall–Kier alpha value is -3.88. The highest BCUT2D eigenvalue weighted by atomic mass is 19.1. The van der Waals surface area contributed by atoms with Gasteiger partial charge in [-0.2, -0.15) is 0 Å². The molecular formula is C25H24FN5O3. The van der Waals surface area contributed by atoms with Gasteiger partial charge in [0.1, 0.15) is 11.6 Å². The molecule has 5 rings (SSSR count). The van der Waals surface area contributed by atoms with Crippen LogP contribution in [0.4, 0.5) is 4.39 Å². The molecule has 1 amide bonds. The third-order valence-corrected chi connectivity index (χ3v) is 6.20. The average Bonchev–Trinajstić information content (AvgIpc) is 3.34. The van der Waals surface area contributed by atoms with Crippen LogP contribution in [-0.4, -0.2) is 32.1 Å². The molecule has 9 heteroatoms. The average molecular weight is 461 g/mol. The van der Waals surface area contributed by atoms with Gasteiger partial charge >= 0.3 is 0 Å². The fraction of sp³-hybridized carbons (Fsp3) is 0.320. The molecule has 8 nitrogen and oxygen atoms in total. The molecule has 2 N–H and O–H groups in total. The number of nitrogens with one attached hydrogen (secondary N) is 2. The fourth-order valence-corrected chi connectivity index (χ4v) is 4.41. The monoisotopic (exact) mass is 461 g/mol. The lowest BCUT2D eigenvalue weighted by Crippen LogP contribution is -2.37. The second kappa shape index (κ2) is 9.54. The predicted octanol–water partition coefficient (Wildman–Crippen LogP) is 3.89. The number of para-hydroxylation sites is 1. The van der Waals surface area contributed by atoms with Crippen LogP contribution in [0.15, 0.2) is 57.7 Å². The van der Waals surface area contributed by atoms with Crippen LogP contribution in [0.5, 0.6) is 0 Å². The van der Waals surface area contributed by atoms with Gasteiger partial charge < -0.3 is 14.7 Å². The SMILES string of the molecule is O=C(CCc1nc2ccccc2c(=O)[nH]1)N[C@H]1CC[C@H](c2nnc(-c3cccc(F)c3)o2)CC1. The van der Waals surface area contributed by atoms with E-state index in [1.54, 1.807) is 30.3 Å².